The number of nitrogens with zero attached hydrogens (tertiary/aromatic N) is 2. The van der Waals surface area contributed by atoms with Crippen LogP contribution in [0, 0.1) is 11.3 Å². The topological polar surface area (TPSA) is 39.1 Å². The van der Waals surface area contributed by atoms with Gasteiger partial charge in [0.05, 0.1) is 5.56 Å². The second-order valence-corrected chi connectivity index (χ2v) is 5.99. The van der Waals surface area contributed by atoms with Crippen LogP contribution in [0.3, 0.4) is 0 Å². The van der Waals surface area contributed by atoms with E-state index in [1.165, 1.54) is 19.3 Å². The molecule has 0 aliphatic heterocycles. The molecule has 1 saturated carbocycles. The van der Waals surface area contributed by atoms with Gasteiger partial charge >= 0.3 is 0 Å². The van der Waals surface area contributed by atoms with Crippen molar-refractivity contribution < 1.29 is 0 Å². The monoisotopic (exact) mass is 307 g/mol. The third-order valence-electron chi connectivity index (χ3n) is 3.94. The Kier molecular flexibility index (Phi) is 3.94. The van der Waals surface area contributed by atoms with Gasteiger partial charge in [0.25, 0.3) is 0 Å². The van der Waals surface area contributed by atoms with E-state index in [0.29, 0.717) is 11.1 Å². The van der Waals surface area contributed by atoms with Crippen LogP contribution in [0.2, 0.25) is 0 Å². The normalized spacial score (nSPS) is 17.1. The first-order valence-electron chi connectivity index (χ1n) is 6.18. The molecule has 1 N–H and O–H groups in total. The predicted molar refractivity (Wildman–Crippen MR) is 77.6 cm³/mol. The largest absolute Gasteiger partial charge is 0.383 e. The van der Waals surface area contributed by atoms with Crippen LogP contribution in [0.1, 0.15) is 24.8 Å². The molecule has 0 bridgehead atoms. The van der Waals surface area contributed by atoms with Gasteiger partial charge in [-0.3, -0.25) is 0 Å². The van der Waals surface area contributed by atoms with Gasteiger partial charge in [0.1, 0.15) is 6.07 Å². The van der Waals surface area contributed by atoms with Crippen molar-refractivity contribution in [3.8, 4) is 6.07 Å². The minimum absolute atomic E-state index is 0.306. The molecule has 18 heavy (non-hydrogen) atoms. The molecule has 0 radical (unpaired) electrons. The van der Waals surface area contributed by atoms with E-state index in [4.69, 9.17) is 5.26 Å². The van der Waals surface area contributed by atoms with Gasteiger partial charge in [-0.05, 0) is 67.5 Å². The molecular formula is C14H18BrN3. The summed E-state index contributed by atoms with van der Waals surface area (Å²) in [5.41, 5.74) is 2.04. The predicted octanol–water partition coefficient (Wildman–Crippen LogP) is 3.22. The fraction of sp³-hybridized carbons (Fsp3) is 0.500. The highest BCUT2D eigenvalue weighted by atomic mass is 79.9. The first kappa shape index (κ1) is 13.4. The van der Waals surface area contributed by atoms with Crippen LogP contribution < -0.4 is 5.32 Å². The Balaban J connectivity index is 2.02. The smallest absolute Gasteiger partial charge is 0.100 e. The number of rotatable bonds is 4. The molecule has 3 nitrogen and oxygen atoms in total. The van der Waals surface area contributed by atoms with Crippen molar-refractivity contribution in [1.29, 1.82) is 5.26 Å². The van der Waals surface area contributed by atoms with Gasteiger partial charge in [-0.1, -0.05) is 0 Å². The maximum absolute atomic E-state index is 8.88. The van der Waals surface area contributed by atoms with E-state index >= 15 is 0 Å². The summed E-state index contributed by atoms with van der Waals surface area (Å²) in [7, 11) is 4.30. The lowest BCUT2D eigenvalue weighted by atomic mass is 9.75. The van der Waals surface area contributed by atoms with E-state index in [-0.39, 0.29) is 0 Å². The van der Waals surface area contributed by atoms with Crippen molar-refractivity contribution in [3.63, 3.8) is 0 Å². The lowest BCUT2D eigenvalue weighted by Gasteiger charge is -2.47. The van der Waals surface area contributed by atoms with E-state index in [9.17, 15) is 0 Å². The lowest BCUT2D eigenvalue weighted by molar-refractivity contribution is 0.0739. The van der Waals surface area contributed by atoms with Crippen molar-refractivity contribution in [2.45, 2.75) is 24.8 Å². The number of halogens is 1. The molecular weight excluding hydrogens is 290 g/mol. The van der Waals surface area contributed by atoms with Crippen LogP contribution in [0.4, 0.5) is 5.69 Å². The number of nitrogens with one attached hydrogen (secondary N) is 1. The van der Waals surface area contributed by atoms with Crippen molar-refractivity contribution in [2.75, 3.05) is 26.0 Å². The number of anilines is 1. The zero-order chi connectivity index (χ0) is 13.2. The summed E-state index contributed by atoms with van der Waals surface area (Å²) in [6.45, 7) is 0.957. The minimum Gasteiger partial charge on any atom is -0.383 e. The van der Waals surface area contributed by atoms with Crippen molar-refractivity contribution in [2.24, 2.45) is 0 Å². The Morgan fingerprint density at radius 3 is 2.61 bits per heavy atom. The average molecular weight is 308 g/mol. The molecule has 4 heteroatoms. The van der Waals surface area contributed by atoms with Crippen molar-refractivity contribution in [1.82, 2.24) is 4.90 Å². The summed E-state index contributed by atoms with van der Waals surface area (Å²) < 4.78 is 0.850. The number of hydrogen-bond acceptors (Lipinski definition) is 3. The van der Waals surface area contributed by atoms with Gasteiger partial charge in [0.15, 0.2) is 0 Å². The Bertz CT molecular complexity index is 472. The Morgan fingerprint density at radius 1 is 1.44 bits per heavy atom. The van der Waals surface area contributed by atoms with Crippen molar-refractivity contribution >= 4 is 21.6 Å². The molecule has 1 aromatic rings. The molecule has 2 rings (SSSR count). The van der Waals surface area contributed by atoms with Crippen LogP contribution in [0.15, 0.2) is 22.7 Å². The third kappa shape index (κ3) is 2.52. The standard InChI is InChI=1S/C14H18BrN3/c1-18(2)14(6-3-7-14)10-17-12-5-4-11(9-16)13(15)8-12/h4-5,8,17H,3,6-7,10H2,1-2H3. The van der Waals surface area contributed by atoms with E-state index < -0.39 is 0 Å². The van der Waals surface area contributed by atoms with Crippen molar-refractivity contribution in [3.05, 3.63) is 28.2 Å². The number of nitriles is 1. The van der Waals surface area contributed by atoms with E-state index in [1.807, 2.05) is 18.2 Å². The molecule has 1 aliphatic rings. The Morgan fingerprint density at radius 2 is 2.17 bits per heavy atom. The maximum Gasteiger partial charge on any atom is 0.100 e. The van der Waals surface area contributed by atoms with E-state index in [0.717, 1.165) is 16.7 Å². The van der Waals surface area contributed by atoms with Gasteiger partial charge < -0.3 is 10.2 Å². The van der Waals surface area contributed by atoms with Crippen LogP contribution >= 0.6 is 15.9 Å². The molecule has 0 amide bonds. The SMILES string of the molecule is CN(C)C1(CNc2ccc(C#N)c(Br)c2)CCC1. The molecule has 0 saturated heterocycles. The zero-order valence-electron chi connectivity index (χ0n) is 10.8. The summed E-state index contributed by atoms with van der Waals surface area (Å²) in [6.07, 6.45) is 3.83. The summed E-state index contributed by atoms with van der Waals surface area (Å²) in [5.74, 6) is 0. The number of hydrogen-bond donors (Lipinski definition) is 1. The van der Waals surface area contributed by atoms with E-state index in [2.05, 4.69) is 46.3 Å². The number of likely N-dealkylation sites (N-methyl/N-ethyl adjacent to an activating group) is 1. The maximum atomic E-state index is 8.88. The van der Waals surface area contributed by atoms with Crippen LogP contribution in [-0.4, -0.2) is 31.1 Å². The molecule has 1 aliphatic carbocycles. The van der Waals surface area contributed by atoms with Crippen LogP contribution in [0.5, 0.6) is 0 Å². The van der Waals surface area contributed by atoms with E-state index in [1.54, 1.807) is 0 Å². The summed E-state index contributed by atoms with van der Waals surface area (Å²) in [4.78, 5) is 2.32. The molecule has 0 atom stereocenters. The minimum atomic E-state index is 0.306. The zero-order valence-corrected chi connectivity index (χ0v) is 12.4. The Hall–Kier alpha value is -1.05. The fourth-order valence-electron chi connectivity index (χ4n) is 2.35. The quantitative estimate of drug-likeness (QED) is 0.928. The third-order valence-corrected chi connectivity index (χ3v) is 4.60. The highest BCUT2D eigenvalue weighted by Gasteiger charge is 2.38. The second kappa shape index (κ2) is 5.29. The van der Waals surface area contributed by atoms with Crippen LogP contribution in [-0.2, 0) is 0 Å². The van der Waals surface area contributed by atoms with Crippen LogP contribution in [0.25, 0.3) is 0 Å². The highest BCUT2D eigenvalue weighted by Crippen LogP contribution is 2.36. The summed E-state index contributed by atoms with van der Waals surface area (Å²) in [6, 6.07) is 7.93. The van der Waals surface area contributed by atoms with Gasteiger partial charge in [-0.15, -0.1) is 0 Å². The average Bonchev–Trinajstić information content (AvgIpc) is 2.27. The second-order valence-electron chi connectivity index (χ2n) is 5.13. The molecule has 1 aromatic carbocycles. The van der Waals surface area contributed by atoms with Gasteiger partial charge in [0, 0.05) is 22.2 Å². The first-order valence-corrected chi connectivity index (χ1v) is 6.98. The number of benzene rings is 1. The molecule has 0 heterocycles. The first-order chi connectivity index (χ1) is 8.57. The lowest BCUT2D eigenvalue weighted by Crippen LogP contribution is -2.54. The summed E-state index contributed by atoms with van der Waals surface area (Å²) in [5, 5.41) is 12.4. The highest BCUT2D eigenvalue weighted by molar-refractivity contribution is 9.10. The van der Waals surface area contributed by atoms with Gasteiger partial charge in [-0.2, -0.15) is 5.26 Å². The Labute approximate surface area is 117 Å². The molecule has 96 valence electrons. The fourth-order valence-corrected chi connectivity index (χ4v) is 2.82. The molecule has 1 fully saturated rings. The summed E-state index contributed by atoms with van der Waals surface area (Å²) >= 11 is 3.41. The molecule has 0 spiro atoms. The molecule has 0 aromatic heterocycles. The van der Waals surface area contributed by atoms with Gasteiger partial charge in [-0.25, -0.2) is 0 Å². The van der Waals surface area contributed by atoms with Gasteiger partial charge in [0.2, 0.25) is 0 Å². The molecule has 0 unspecified atom stereocenters.